The van der Waals surface area contributed by atoms with Crippen molar-refractivity contribution in [3.8, 4) is 0 Å². The Morgan fingerprint density at radius 3 is 2.43 bits per heavy atom. The molecule has 0 radical (unpaired) electrons. The van der Waals surface area contributed by atoms with E-state index in [4.69, 9.17) is 10.2 Å². The lowest BCUT2D eigenvalue weighted by Gasteiger charge is -2.33. The van der Waals surface area contributed by atoms with Crippen molar-refractivity contribution in [1.29, 1.82) is 0 Å². The zero-order valence-electron chi connectivity index (χ0n) is 9.08. The van der Waals surface area contributed by atoms with Gasteiger partial charge in [-0.25, -0.2) is 0 Å². The van der Waals surface area contributed by atoms with Gasteiger partial charge in [-0.15, -0.1) is 0 Å². The van der Waals surface area contributed by atoms with Crippen molar-refractivity contribution in [2.24, 2.45) is 5.92 Å². The van der Waals surface area contributed by atoms with Crippen molar-refractivity contribution in [1.82, 2.24) is 5.32 Å². The summed E-state index contributed by atoms with van der Waals surface area (Å²) < 4.78 is 0. The van der Waals surface area contributed by atoms with Crippen molar-refractivity contribution in [3.63, 3.8) is 0 Å². The lowest BCUT2D eigenvalue weighted by Crippen LogP contribution is -2.47. The van der Waals surface area contributed by atoms with E-state index in [1.165, 1.54) is 32.1 Å². The number of nitrogens with one attached hydrogen (secondary N) is 1. The van der Waals surface area contributed by atoms with Crippen LogP contribution in [-0.2, 0) is 0 Å². The molecule has 2 atom stereocenters. The van der Waals surface area contributed by atoms with Crippen LogP contribution in [0.15, 0.2) is 0 Å². The lowest BCUT2D eigenvalue weighted by molar-refractivity contribution is 0.138. The quantitative estimate of drug-likeness (QED) is 0.619. The van der Waals surface area contributed by atoms with E-state index in [0.29, 0.717) is 6.04 Å². The second kappa shape index (κ2) is 6.38. The predicted octanol–water partition coefficient (Wildman–Crippen LogP) is 0.898. The molecule has 0 aromatic heterocycles. The number of hydrogen-bond donors (Lipinski definition) is 3. The molecule has 0 aromatic carbocycles. The third-order valence-electron chi connectivity index (χ3n) is 3.32. The van der Waals surface area contributed by atoms with E-state index in [0.717, 1.165) is 5.92 Å². The van der Waals surface area contributed by atoms with E-state index in [1.54, 1.807) is 0 Å². The molecule has 0 unspecified atom stereocenters. The summed E-state index contributed by atoms with van der Waals surface area (Å²) in [7, 11) is 0. The number of hydrogen-bond acceptors (Lipinski definition) is 3. The minimum absolute atomic E-state index is 0.0312. The second-order valence-corrected chi connectivity index (χ2v) is 4.29. The molecule has 0 aromatic rings. The summed E-state index contributed by atoms with van der Waals surface area (Å²) >= 11 is 0. The van der Waals surface area contributed by atoms with Crippen molar-refractivity contribution < 1.29 is 10.2 Å². The van der Waals surface area contributed by atoms with Gasteiger partial charge >= 0.3 is 0 Å². The second-order valence-electron chi connectivity index (χ2n) is 4.29. The van der Waals surface area contributed by atoms with E-state index in [9.17, 15) is 0 Å². The molecule has 1 fully saturated rings. The Labute approximate surface area is 86.5 Å². The summed E-state index contributed by atoms with van der Waals surface area (Å²) in [6.07, 6.45) is 6.28. The zero-order valence-corrected chi connectivity index (χ0v) is 9.08. The third-order valence-corrected chi connectivity index (χ3v) is 3.32. The van der Waals surface area contributed by atoms with E-state index >= 15 is 0 Å². The third kappa shape index (κ3) is 3.23. The highest BCUT2D eigenvalue weighted by molar-refractivity contribution is 4.82. The van der Waals surface area contributed by atoms with Gasteiger partial charge in [0.05, 0.1) is 19.3 Å². The van der Waals surface area contributed by atoms with Crippen LogP contribution in [0.2, 0.25) is 0 Å². The van der Waals surface area contributed by atoms with Gasteiger partial charge in [0, 0.05) is 6.04 Å². The van der Waals surface area contributed by atoms with E-state index in [-0.39, 0.29) is 19.3 Å². The molecule has 14 heavy (non-hydrogen) atoms. The van der Waals surface area contributed by atoms with Gasteiger partial charge in [0.2, 0.25) is 0 Å². The van der Waals surface area contributed by atoms with Gasteiger partial charge in [-0.1, -0.05) is 26.2 Å². The molecule has 0 aliphatic heterocycles. The number of aliphatic hydroxyl groups excluding tert-OH is 2. The summed E-state index contributed by atoms with van der Waals surface area (Å²) in [6.45, 7) is 2.28. The van der Waals surface area contributed by atoms with Gasteiger partial charge in [0.15, 0.2) is 0 Å². The molecule has 1 saturated carbocycles. The van der Waals surface area contributed by atoms with Crippen LogP contribution in [0, 0.1) is 5.92 Å². The van der Waals surface area contributed by atoms with Crippen molar-refractivity contribution >= 4 is 0 Å². The molecular formula is C11H23NO2. The maximum atomic E-state index is 8.99. The van der Waals surface area contributed by atoms with Gasteiger partial charge in [-0.05, 0) is 18.8 Å². The van der Waals surface area contributed by atoms with Gasteiger partial charge in [0.25, 0.3) is 0 Å². The summed E-state index contributed by atoms with van der Waals surface area (Å²) in [6, 6.07) is 0.366. The topological polar surface area (TPSA) is 52.5 Å². The Morgan fingerprint density at radius 1 is 1.21 bits per heavy atom. The first-order chi connectivity index (χ1) is 6.81. The Bertz CT molecular complexity index is 148. The predicted molar refractivity (Wildman–Crippen MR) is 57.1 cm³/mol. The number of aliphatic hydroxyl groups is 2. The summed E-state index contributed by atoms with van der Waals surface area (Å²) in [4.78, 5) is 0. The van der Waals surface area contributed by atoms with Gasteiger partial charge in [0.1, 0.15) is 0 Å². The SMILES string of the molecule is CC[C@@H]1CCCC[C@@H]1NC(CO)CO. The summed E-state index contributed by atoms with van der Waals surface area (Å²) in [5, 5.41) is 21.3. The minimum atomic E-state index is -0.132. The minimum Gasteiger partial charge on any atom is -0.395 e. The number of rotatable bonds is 5. The maximum Gasteiger partial charge on any atom is 0.0607 e. The van der Waals surface area contributed by atoms with Gasteiger partial charge in [-0.3, -0.25) is 0 Å². The zero-order chi connectivity index (χ0) is 10.4. The highest BCUT2D eigenvalue weighted by atomic mass is 16.3. The van der Waals surface area contributed by atoms with E-state index in [2.05, 4.69) is 12.2 Å². The monoisotopic (exact) mass is 201 g/mol. The Hall–Kier alpha value is -0.120. The first kappa shape index (κ1) is 12.0. The fourth-order valence-electron chi connectivity index (χ4n) is 2.38. The Balaban J connectivity index is 2.39. The van der Waals surface area contributed by atoms with Crippen LogP contribution in [0.25, 0.3) is 0 Å². The molecule has 0 amide bonds. The molecule has 0 saturated heterocycles. The molecule has 0 spiro atoms. The van der Waals surface area contributed by atoms with Crippen LogP contribution in [0.5, 0.6) is 0 Å². The molecule has 84 valence electrons. The smallest absolute Gasteiger partial charge is 0.0607 e. The van der Waals surface area contributed by atoms with E-state index in [1.807, 2.05) is 0 Å². The Kier molecular flexibility index (Phi) is 5.45. The van der Waals surface area contributed by atoms with Crippen LogP contribution in [-0.4, -0.2) is 35.5 Å². The molecule has 1 aliphatic carbocycles. The highest BCUT2D eigenvalue weighted by Crippen LogP contribution is 2.26. The average molecular weight is 201 g/mol. The average Bonchev–Trinajstić information content (AvgIpc) is 2.26. The molecule has 3 nitrogen and oxygen atoms in total. The standard InChI is InChI=1S/C11H23NO2/c1-2-9-5-3-4-6-11(9)12-10(7-13)8-14/h9-14H,2-8H2,1H3/t9-,11+/m1/s1. The van der Waals surface area contributed by atoms with Gasteiger partial charge < -0.3 is 15.5 Å². The molecular weight excluding hydrogens is 178 g/mol. The fourth-order valence-corrected chi connectivity index (χ4v) is 2.38. The molecule has 3 N–H and O–H groups in total. The van der Waals surface area contributed by atoms with Crippen molar-refractivity contribution in [3.05, 3.63) is 0 Å². The van der Waals surface area contributed by atoms with Crippen LogP contribution < -0.4 is 5.32 Å². The first-order valence-corrected chi connectivity index (χ1v) is 5.79. The van der Waals surface area contributed by atoms with Crippen LogP contribution in [0.3, 0.4) is 0 Å². The van der Waals surface area contributed by atoms with Crippen molar-refractivity contribution in [2.45, 2.75) is 51.1 Å². The largest absolute Gasteiger partial charge is 0.395 e. The molecule has 1 rings (SSSR count). The Morgan fingerprint density at radius 2 is 1.86 bits per heavy atom. The first-order valence-electron chi connectivity index (χ1n) is 5.79. The summed E-state index contributed by atoms with van der Waals surface area (Å²) in [5.41, 5.74) is 0. The van der Waals surface area contributed by atoms with Crippen LogP contribution in [0.1, 0.15) is 39.0 Å². The van der Waals surface area contributed by atoms with E-state index < -0.39 is 0 Å². The fraction of sp³-hybridized carbons (Fsp3) is 1.00. The molecule has 3 heteroatoms. The van der Waals surface area contributed by atoms with Crippen molar-refractivity contribution in [2.75, 3.05) is 13.2 Å². The van der Waals surface area contributed by atoms with Crippen LogP contribution >= 0.6 is 0 Å². The highest BCUT2D eigenvalue weighted by Gasteiger charge is 2.25. The molecule has 0 heterocycles. The maximum absolute atomic E-state index is 8.99. The van der Waals surface area contributed by atoms with Crippen LogP contribution in [0.4, 0.5) is 0 Å². The summed E-state index contributed by atoms with van der Waals surface area (Å²) in [5.74, 6) is 0.726. The lowest BCUT2D eigenvalue weighted by atomic mass is 9.82. The molecule has 0 bridgehead atoms. The molecule has 1 aliphatic rings. The van der Waals surface area contributed by atoms with Gasteiger partial charge in [-0.2, -0.15) is 0 Å². The normalized spacial score (nSPS) is 28.3.